The third-order valence-electron chi connectivity index (χ3n) is 29.2. The minimum Gasteiger partial charge on any atom is -0.458 e. The van der Waals surface area contributed by atoms with E-state index in [0.717, 1.165) is 135 Å². The largest absolute Gasteiger partial charge is 0.458 e. The fraction of sp³-hybridized carbons (Fsp3) is 0.0420. The van der Waals surface area contributed by atoms with Gasteiger partial charge in [0.2, 0.25) is 0 Å². The van der Waals surface area contributed by atoms with E-state index < -0.39 is 30.9 Å². The lowest BCUT2D eigenvalue weighted by Crippen LogP contribution is -2.75. The Hall–Kier alpha value is -15.2. The lowest BCUT2D eigenvalue weighted by Gasteiger charge is -2.46. The van der Waals surface area contributed by atoms with Crippen LogP contribution in [0, 0.1) is 34.6 Å². The first kappa shape index (κ1) is 78.1. The fourth-order valence-electron chi connectivity index (χ4n) is 23.8. The maximum absolute atomic E-state index is 8.46. The Bertz CT molecular complexity index is 7470. The second kappa shape index (κ2) is 30.8. The zero-order valence-corrected chi connectivity index (χ0v) is 76.4. The molecule has 12 heteroatoms. The van der Waals surface area contributed by atoms with E-state index in [-0.39, 0.29) is 13.4 Å². The number of rotatable bonds is 15. The number of ether oxygens (including phenoxy) is 3. The minimum absolute atomic E-state index is 0.300. The van der Waals surface area contributed by atoms with E-state index in [1.54, 1.807) is 0 Å². The summed E-state index contributed by atoms with van der Waals surface area (Å²) in [6.45, 7) is 10.5. The van der Waals surface area contributed by atoms with Crippen molar-refractivity contribution in [1.82, 2.24) is 0 Å². The van der Waals surface area contributed by atoms with Crippen LogP contribution in [0.4, 0.5) is 51.2 Å². The van der Waals surface area contributed by atoms with Crippen molar-refractivity contribution >= 4 is 207 Å². The van der Waals surface area contributed by atoms with E-state index in [9.17, 15) is 0 Å². The molecule has 0 saturated carbocycles. The van der Waals surface area contributed by atoms with E-state index in [0.29, 0.717) is 0 Å². The minimum atomic E-state index is -3.42. The van der Waals surface area contributed by atoms with Crippen molar-refractivity contribution < 1.29 is 14.2 Å². The molecule has 618 valence electrons. The Balaban J connectivity index is 0.820. The molecule has 0 amide bonds. The Labute approximate surface area is 769 Å². The highest BCUT2D eigenvalue weighted by Gasteiger charge is 2.55. The summed E-state index contributed by atoms with van der Waals surface area (Å²) in [6.07, 6.45) is 0. The number of nitrogens with zero attached hydrogens (tertiary/aromatic N) is 3. The zero-order valence-electron chi connectivity index (χ0n) is 73.4. The summed E-state index contributed by atoms with van der Waals surface area (Å²) in [7, 11) is -9.96. The first-order valence-corrected chi connectivity index (χ1v) is 51.8. The van der Waals surface area contributed by atoms with Crippen LogP contribution in [0.3, 0.4) is 0 Å². The molecule has 131 heavy (non-hydrogen) atoms. The average molecular weight is 1720 g/mol. The first-order chi connectivity index (χ1) is 64.6. The van der Waals surface area contributed by atoms with Crippen LogP contribution in [-0.2, 0) is 0 Å². The van der Waals surface area contributed by atoms with E-state index in [1.807, 2.05) is 0 Å². The van der Waals surface area contributed by atoms with Gasteiger partial charge in [0.25, 0.3) is 20.1 Å². The standard InChI is InChI=1S/C119H88B3N3O3Si3/c1-79-41-33-36-66-102(79)123-103-77-104-99(120-96-64-34-37-67-109(96)126-112-72-94(70-107(116(112)120)124(104)118-80(2)42-39-43-81(118)3)130(87-52-21-9-22-53-87,88-54-23-10-24-55-88)89-56-25-11-26-57-89)75-98(103)122-101-76-100-105(78-111(101)128-114-74-93(69-106(123)115(114)122)129(84-46-15-6-16-47-84,85-48-17-7-18-49-85)86-50-19-8-20-51-86)125(119-82(4)44-40-45-83(119)5)108-71-95(73-113-117(108)121(100)97-65-35-38-68-110(97)127-113)131(90-58-27-12-28-59-90,91-60-29-13-30-61-91)92-62-31-14-32-63-92/h6-78H,1-5H3. The second-order valence-electron chi connectivity index (χ2n) is 36.1. The molecule has 0 fully saturated rings. The highest BCUT2D eigenvalue weighted by Crippen LogP contribution is 2.51. The van der Waals surface area contributed by atoms with Crippen LogP contribution in [0.25, 0.3) is 0 Å². The summed E-state index contributed by atoms with van der Waals surface area (Å²) in [4.78, 5) is 7.96. The molecule has 0 spiro atoms. The van der Waals surface area contributed by atoms with Crippen LogP contribution in [-0.4, -0.2) is 44.4 Å². The van der Waals surface area contributed by atoms with Gasteiger partial charge in [0.15, 0.2) is 24.2 Å². The summed E-state index contributed by atoms with van der Waals surface area (Å²) in [5.74, 6) is 5.04. The number of hydrogen-bond donors (Lipinski definition) is 0. The molecular formula is C119H88B3N3O3Si3. The van der Waals surface area contributed by atoms with Crippen LogP contribution in [0.5, 0.6) is 34.5 Å². The molecule has 25 rings (SSSR count). The lowest BCUT2D eigenvalue weighted by molar-refractivity contribution is 0.487. The molecule has 0 bridgehead atoms. The fourth-order valence-corrected chi connectivity index (χ4v) is 38.2. The maximum atomic E-state index is 8.46. The van der Waals surface area contributed by atoms with Crippen molar-refractivity contribution in [1.29, 1.82) is 0 Å². The van der Waals surface area contributed by atoms with Gasteiger partial charge in [-0.1, -0.05) is 376 Å². The Kier molecular flexibility index (Phi) is 18.4. The zero-order chi connectivity index (χ0) is 87.4. The molecule has 0 atom stereocenters. The predicted octanol–water partition coefficient (Wildman–Crippen LogP) is 14.6. The summed E-state index contributed by atoms with van der Waals surface area (Å²) in [5, 5.41) is 15.2. The van der Waals surface area contributed by atoms with Gasteiger partial charge >= 0.3 is 0 Å². The van der Waals surface area contributed by atoms with Gasteiger partial charge < -0.3 is 28.9 Å². The van der Waals surface area contributed by atoms with Crippen molar-refractivity contribution in [3.05, 3.63) is 471 Å². The molecule has 6 heterocycles. The monoisotopic (exact) mass is 1720 g/mol. The number of benzene rings is 19. The molecule has 6 nitrogen and oxygen atoms in total. The number of hydrogen-bond acceptors (Lipinski definition) is 6. The molecule has 19 aromatic rings. The first-order valence-electron chi connectivity index (χ1n) is 45.8. The molecule has 0 radical (unpaired) electrons. The van der Waals surface area contributed by atoms with E-state index in [1.165, 1.54) is 89.8 Å². The lowest BCUT2D eigenvalue weighted by atomic mass is 9.29. The molecule has 0 unspecified atom stereocenters. The SMILES string of the molecule is Cc1ccccc1N1c2cc3c(cc2B2c4cc5c(cc4Oc4cc([Si](c6ccccc6)(c6ccccc6)c6ccccc6)cc1c42)N(c1c(C)cccc1C)c1cc([Si](c2ccccc2)(c2ccccc2)c2ccccc2)cc2c1B5c1ccccc1O2)B1c2ccccc2Oc2cc([Si](c4ccccc4)(c4ccccc4)c4ccccc4)cc(c21)N3c1c(C)cccc1C. The van der Waals surface area contributed by atoms with Gasteiger partial charge in [-0.3, -0.25) is 0 Å². The van der Waals surface area contributed by atoms with Gasteiger partial charge in [-0.15, -0.1) is 0 Å². The van der Waals surface area contributed by atoms with Crippen LogP contribution in [0.15, 0.2) is 443 Å². The van der Waals surface area contributed by atoms with Gasteiger partial charge in [-0.2, -0.15) is 0 Å². The third kappa shape index (κ3) is 11.7. The van der Waals surface area contributed by atoms with Gasteiger partial charge in [0.05, 0.1) is 11.4 Å². The predicted molar refractivity (Wildman–Crippen MR) is 559 cm³/mol. The third-order valence-corrected chi connectivity index (χ3v) is 43.5. The van der Waals surface area contributed by atoms with E-state index in [2.05, 4.69) is 492 Å². The molecule has 0 aromatic heterocycles. The van der Waals surface area contributed by atoms with Gasteiger partial charge in [-0.05, 0) is 235 Å². The molecule has 6 aliphatic heterocycles. The highest BCUT2D eigenvalue weighted by molar-refractivity contribution is 7.21. The Morgan fingerprint density at radius 2 is 0.420 bits per heavy atom. The number of fused-ring (bicyclic) bond motifs is 12. The summed E-state index contributed by atoms with van der Waals surface area (Å²) in [5.41, 5.74) is 25.9. The van der Waals surface area contributed by atoms with Crippen molar-refractivity contribution in [2.75, 3.05) is 14.7 Å². The number of para-hydroxylation sites is 5. The van der Waals surface area contributed by atoms with E-state index >= 15 is 0 Å². The topological polar surface area (TPSA) is 37.4 Å². The molecule has 0 saturated heterocycles. The molecule has 6 aliphatic rings. The van der Waals surface area contributed by atoms with Crippen LogP contribution in [0.2, 0.25) is 0 Å². The van der Waals surface area contributed by atoms with Gasteiger partial charge in [0, 0.05) is 45.9 Å². The molecular weight excluding hydrogens is 1640 g/mol. The maximum Gasteiger partial charge on any atom is 0.256 e. The number of anilines is 9. The van der Waals surface area contributed by atoms with Crippen molar-refractivity contribution in [3.8, 4) is 34.5 Å². The highest BCUT2D eigenvalue weighted by atomic mass is 28.3. The van der Waals surface area contributed by atoms with Gasteiger partial charge in [-0.25, -0.2) is 0 Å². The smallest absolute Gasteiger partial charge is 0.256 e. The quantitative estimate of drug-likeness (QED) is 0.0752. The molecule has 19 aromatic carbocycles. The summed E-state index contributed by atoms with van der Waals surface area (Å²) in [6, 6.07) is 168. The Morgan fingerprint density at radius 3 is 0.748 bits per heavy atom. The molecule has 0 N–H and O–H groups in total. The number of aryl methyl sites for hydroxylation is 5. The van der Waals surface area contributed by atoms with Crippen LogP contribution >= 0.6 is 0 Å². The summed E-state index contributed by atoms with van der Waals surface area (Å²) < 4.78 is 24.0. The van der Waals surface area contributed by atoms with Crippen molar-refractivity contribution in [3.63, 3.8) is 0 Å². The van der Waals surface area contributed by atoms with E-state index in [4.69, 9.17) is 14.2 Å². The Morgan fingerprint density at radius 1 is 0.168 bits per heavy atom. The van der Waals surface area contributed by atoms with Crippen LogP contribution < -0.4 is 140 Å². The average Bonchev–Trinajstić information content (AvgIpc) is 0.677. The van der Waals surface area contributed by atoms with Gasteiger partial charge in [0.1, 0.15) is 34.5 Å². The van der Waals surface area contributed by atoms with Crippen LogP contribution in [0.1, 0.15) is 27.8 Å². The molecule has 0 aliphatic carbocycles. The van der Waals surface area contributed by atoms with Crippen molar-refractivity contribution in [2.45, 2.75) is 34.6 Å². The van der Waals surface area contributed by atoms with Crippen molar-refractivity contribution in [2.24, 2.45) is 0 Å². The summed E-state index contributed by atoms with van der Waals surface area (Å²) >= 11 is 0. The normalized spacial score (nSPS) is 13.3. The second-order valence-corrected chi connectivity index (χ2v) is 47.6.